The number of aryl methyl sites for hydroxylation is 2. The molecule has 9 heteroatoms. The van der Waals surface area contributed by atoms with Crippen LogP contribution in [0.1, 0.15) is 27.4 Å². The third kappa shape index (κ3) is 3.99. The highest BCUT2D eigenvalue weighted by Crippen LogP contribution is 2.30. The van der Waals surface area contributed by atoms with Crippen LogP contribution in [-0.4, -0.2) is 32.8 Å². The number of methoxy groups -OCH3 is 1. The third-order valence-corrected chi connectivity index (χ3v) is 5.09. The maximum atomic E-state index is 14.1. The fourth-order valence-corrected chi connectivity index (χ4v) is 3.44. The van der Waals surface area contributed by atoms with Crippen molar-refractivity contribution >= 4 is 28.8 Å². The minimum absolute atomic E-state index is 0.0431. The van der Waals surface area contributed by atoms with Crippen LogP contribution in [0.4, 0.5) is 10.1 Å². The number of benzene rings is 2. The predicted octanol–water partition coefficient (Wildman–Crippen LogP) is 4.60. The van der Waals surface area contributed by atoms with Crippen molar-refractivity contribution in [1.29, 1.82) is 0 Å². The Kier molecular flexibility index (Phi) is 5.67. The maximum absolute atomic E-state index is 14.1. The van der Waals surface area contributed by atoms with Crippen LogP contribution in [0.15, 0.2) is 42.5 Å². The first-order valence-corrected chi connectivity index (χ1v) is 9.84. The van der Waals surface area contributed by atoms with Crippen molar-refractivity contribution in [3.63, 3.8) is 0 Å². The van der Waals surface area contributed by atoms with E-state index in [4.69, 9.17) is 16.3 Å². The summed E-state index contributed by atoms with van der Waals surface area (Å²) in [5, 5.41) is 16.1. The number of hydrogen-bond donors (Lipinski definition) is 1. The Hall–Kier alpha value is -3.36. The second kappa shape index (κ2) is 8.41. The van der Waals surface area contributed by atoms with E-state index in [1.807, 2.05) is 12.1 Å². The van der Waals surface area contributed by atoms with Gasteiger partial charge in [0, 0.05) is 12.1 Å². The standard InChI is InChI=1S/C22H19ClFN5O2/c1-12-4-9-17(16(24)10-12)25-22(30)20-13(2)29-21(27-26-20)19(18(28-29)11-31-3)14-5-7-15(23)8-6-14/h4-10H,11H2,1-3H3,(H,25,30). The van der Waals surface area contributed by atoms with Crippen molar-refractivity contribution in [3.05, 3.63) is 75.9 Å². The smallest absolute Gasteiger partial charge is 0.278 e. The van der Waals surface area contributed by atoms with Gasteiger partial charge in [0.25, 0.3) is 5.91 Å². The largest absolute Gasteiger partial charge is 0.378 e. The summed E-state index contributed by atoms with van der Waals surface area (Å²) in [4.78, 5) is 12.8. The number of aromatic nitrogens is 4. The van der Waals surface area contributed by atoms with Crippen molar-refractivity contribution in [2.45, 2.75) is 20.5 Å². The SMILES string of the molecule is COCc1nn2c(C)c(C(=O)Nc3ccc(C)cc3F)nnc2c1-c1ccc(Cl)cc1. The van der Waals surface area contributed by atoms with Gasteiger partial charge in [0.05, 0.1) is 29.2 Å². The number of amides is 1. The van der Waals surface area contributed by atoms with E-state index in [1.165, 1.54) is 12.1 Å². The van der Waals surface area contributed by atoms with Crippen molar-refractivity contribution < 1.29 is 13.9 Å². The van der Waals surface area contributed by atoms with Crippen molar-refractivity contribution in [2.24, 2.45) is 0 Å². The van der Waals surface area contributed by atoms with Crippen LogP contribution in [0.25, 0.3) is 16.8 Å². The summed E-state index contributed by atoms with van der Waals surface area (Å²) in [6.45, 7) is 3.72. The topological polar surface area (TPSA) is 81.4 Å². The Balaban J connectivity index is 1.78. The number of hydrogen-bond acceptors (Lipinski definition) is 5. The second-order valence-corrected chi connectivity index (χ2v) is 7.50. The molecule has 7 nitrogen and oxygen atoms in total. The lowest BCUT2D eigenvalue weighted by Crippen LogP contribution is -2.19. The van der Waals surface area contributed by atoms with Crippen LogP contribution in [0.3, 0.4) is 0 Å². The average molecular weight is 440 g/mol. The molecule has 0 aliphatic carbocycles. The molecular weight excluding hydrogens is 421 g/mol. The highest BCUT2D eigenvalue weighted by atomic mass is 35.5. The van der Waals surface area contributed by atoms with E-state index in [0.717, 1.165) is 16.7 Å². The van der Waals surface area contributed by atoms with Gasteiger partial charge in [-0.15, -0.1) is 10.2 Å². The first-order valence-electron chi connectivity index (χ1n) is 9.46. The lowest BCUT2D eigenvalue weighted by Gasteiger charge is -2.09. The lowest BCUT2D eigenvalue weighted by molar-refractivity contribution is 0.101. The van der Waals surface area contributed by atoms with Crippen LogP contribution < -0.4 is 5.32 Å². The summed E-state index contributed by atoms with van der Waals surface area (Å²) in [5.74, 6) is -1.10. The van der Waals surface area contributed by atoms with Gasteiger partial charge in [-0.1, -0.05) is 29.8 Å². The second-order valence-electron chi connectivity index (χ2n) is 7.07. The molecule has 0 aliphatic heterocycles. The summed E-state index contributed by atoms with van der Waals surface area (Å²) in [5.41, 5.74) is 4.04. The van der Waals surface area contributed by atoms with Crippen molar-refractivity contribution in [3.8, 4) is 11.1 Å². The number of nitrogens with one attached hydrogen (secondary N) is 1. The maximum Gasteiger partial charge on any atom is 0.278 e. The van der Waals surface area contributed by atoms with Gasteiger partial charge in [-0.3, -0.25) is 4.79 Å². The highest BCUT2D eigenvalue weighted by molar-refractivity contribution is 6.30. The van der Waals surface area contributed by atoms with E-state index < -0.39 is 11.7 Å². The Labute approximate surface area is 182 Å². The van der Waals surface area contributed by atoms with E-state index in [-0.39, 0.29) is 18.0 Å². The van der Waals surface area contributed by atoms with Crippen LogP contribution in [0.5, 0.6) is 0 Å². The van der Waals surface area contributed by atoms with Gasteiger partial charge in [-0.2, -0.15) is 5.10 Å². The quantitative estimate of drug-likeness (QED) is 0.491. The monoisotopic (exact) mass is 439 g/mol. The summed E-state index contributed by atoms with van der Waals surface area (Å²) >= 11 is 6.01. The Bertz CT molecular complexity index is 1290. The van der Waals surface area contributed by atoms with Gasteiger partial charge in [-0.05, 0) is 49.2 Å². The Morgan fingerprint density at radius 3 is 2.58 bits per heavy atom. The number of fused-ring (bicyclic) bond motifs is 1. The zero-order valence-electron chi connectivity index (χ0n) is 17.1. The molecule has 31 heavy (non-hydrogen) atoms. The van der Waals surface area contributed by atoms with Crippen LogP contribution in [0, 0.1) is 19.7 Å². The fourth-order valence-electron chi connectivity index (χ4n) is 3.31. The summed E-state index contributed by atoms with van der Waals surface area (Å²) in [6.07, 6.45) is 0. The van der Waals surface area contributed by atoms with Crippen LogP contribution in [0.2, 0.25) is 5.02 Å². The number of rotatable bonds is 5. The number of ether oxygens (including phenoxy) is 1. The van der Waals surface area contributed by atoms with E-state index in [2.05, 4.69) is 20.6 Å². The molecule has 0 atom stereocenters. The van der Waals surface area contributed by atoms with Crippen molar-refractivity contribution in [1.82, 2.24) is 19.8 Å². The molecule has 2 aromatic heterocycles. The van der Waals surface area contributed by atoms with Crippen molar-refractivity contribution in [2.75, 3.05) is 12.4 Å². The molecule has 2 heterocycles. The molecule has 4 rings (SSSR count). The molecule has 0 fully saturated rings. The molecule has 2 aromatic carbocycles. The van der Waals surface area contributed by atoms with Crippen LogP contribution >= 0.6 is 11.6 Å². The predicted molar refractivity (Wildman–Crippen MR) is 116 cm³/mol. The molecule has 1 N–H and O–H groups in total. The zero-order chi connectivity index (χ0) is 22.1. The molecule has 4 aromatic rings. The number of carbonyl (C=O) groups excluding carboxylic acids is 1. The number of nitrogens with zero attached hydrogens (tertiary/aromatic N) is 4. The minimum atomic E-state index is -0.577. The molecule has 0 aliphatic rings. The first-order chi connectivity index (χ1) is 14.9. The molecule has 0 saturated carbocycles. The molecule has 0 unspecified atom stereocenters. The van der Waals surface area contributed by atoms with Gasteiger partial charge >= 0.3 is 0 Å². The van der Waals surface area contributed by atoms with Crippen LogP contribution in [-0.2, 0) is 11.3 Å². The molecule has 0 saturated heterocycles. The van der Waals surface area contributed by atoms with Gasteiger partial charge in [0.1, 0.15) is 5.82 Å². The Morgan fingerprint density at radius 1 is 1.16 bits per heavy atom. The van der Waals surface area contributed by atoms with Gasteiger partial charge in [-0.25, -0.2) is 8.91 Å². The lowest BCUT2D eigenvalue weighted by atomic mass is 10.1. The highest BCUT2D eigenvalue weighted by Gasteiger charge is 2.22. The normalized spacial score (nSPS) is 11.1. The minimum Gasteiger partial charge on any atom is -0.378 e. The van der Waals surface area contributed by atoms with Gasteiger partial charge < -0.3 is 10.1 Å². The summed E-state index contributed by atoms with van der Waals surface area (Å²) in [7, 11) is 1.57. The average Bonchev–Trinajstić information content (AvgIpc) is 3.10. The molecule has 0 bridgehead atoms. The number of halogens is 2. The molecule has 1 amide bonds. The first kappa shape index (κ1) is 20.9. The summed E-state index contributed by atoms with van der Waals surface area (Å²) in [6, 6.07) is 11.8. The molecular formula is C22H19ClFN5O2. The Morgan fingerprint density at radius 2 is 1.90 bits per heavy atom. The molecule has 0 radical (unpaired) electrons. The van der Waals surface area contributed by atoms with E-state index in [1.54, 1.807) is 43.7 Å². The number of carbonyl (C=O) groups is 1. The van der Waals surface area contributed by atoms with Gasteiger partial charge in [0.2, 0.25) is 0 Å². The van der Waals surface area contributed by atoms with E-state index in [9.17, 15) is 9.18 Å². The van der Waals surface area contributed by atoms with E-state index >= 15 is 0 Å². The van der Waals surface area contributed by atoms with Gasteiger partial charge in [0.15, 0.2) is 11.3 Å². The molecule has 158 valence electrons. The summed E-state index contributed by atoms with van der Waals surface area (Å²) < 4.78 is 21.0. The fraction of sp³-hybridized carbons (Fsp3) is 0.182. The number of anilines is 1. The molecule has 0 spiro atoms. The van der Waals surface area contributed by atoms with E-state index in [0.29, 0.717) is 22.1 Å². The third-order valence-electron chi connectivity index (χ3n) is 4.84. The zero-order valence-corrected chi connectivity index (χ0v) is 17.9.